The molecule has 1 saturated carbocycles. The molecule has 5 rings (SSSR count). The van der Waals surface area contributed by atoms with Gasteiger partial charge in [-0.3, -0.25) is 4.79 Å². The number of nitrogens with one attached hydrogen (secondary N) is 1. The smallest absolute Gasteiger partial charge is 0.253 e. The van der Waals surface area contributed by atoms with Gasteiger partial charge in [0.05, 0.1) is 30.1 Å². The van der Waals surface area contributed by atoms with E-state index in [4.69, 9.17) is 10.00 Å². The molecule has 0 spiro atoms. The Balaban J connectivity index is 1.34. The number of aromatic nitrogens is 2. The van der Waals surface area contributed by atoms with Gasteiger partial charge in [0.25, 0.3) is 5.91 Å². The number of hydrogen-bond donors (Lipinski definition) is 1. The minimum Gasteiger partial charge on any atom is -0.384 e. The molecule has 0 bridgehead atoms. The highest BCUT2D eigenvalue weighted by Gasteiger charge is 2.38. The molecule has 1 N–H and O–H groups in total. The second-order valence-corrected chi connectivity index (χ2v) is 9.86. The molecule has 7 heteroatoms. The van der Waals surface area contributed by atoms with Crippen molar-refractivity contribution in [2.75, 3.05) is 26.8 Å². The van der Waals surface area contributed by atoms with Gasteiger partial charge in [-0.1, -0.05) is 24.6 Å². The van der Waals surface area contributed by atoms with Crippen LogP contribution in [0.2, 0.25) is 0 Å². The molecule has 2 heterocycles. The van der Waals surface area contributed by atoms with Gasteiger partial charge in [-0.25, -0.2) is 9.37 Å². The van der Waals surface area contributed by atoms with E-state index in [1.807, 2.05) is 18.3 Å². The Morgan fingerprint density at radius 1 is 1.22 bits per heavy atom. The summed E-state index contributed by atoms with van der Waals surface area (Å²) in [6.07, 6.45) is 6.56. The maximum absolute atomic E-state index is 15.7. The van der Waals surface area contributed by atoms with E-state index in [0.29, 0.717) is 48.7 Å². The first-order chi connectivity index (χ1) is 17.5. The summed E-state index contributed by atoms with van der Waals surface area (Å²) in [5.41, 5.74) is 3.41. The number of rotatable bonds is 7. The molecular weight excluding hydrogens is 455 g/mol. The normalized spacial score (nSPS) is 17.4. The Labute approximate surface area is 211 Å². The van der Waals surface area contributed by atoms with Crippen LogP contribution in [0.25, 0.3) is 11.3 Å². The molecule has 1 saturated heterocycles. The number of benzene rings is 2. The van der Waals surface area contributed by atoms with Gasteiger partial charge in [0.1, 0.15) is 11.5 Å². The van der Waals surface area contributed by atoms with Crippen LogP contribution in [-0.4, -0.2) is 47.6 Å². The summed E-state index contributed by atoms with van der Waals surface area (Å²) in [5.74, 6) is 1.29. The van der Waals surface area contributed by atoms with Crippen LogP contribution < -0.4 is 0 Å². The van der Waals surface area contributed by atoms with Crippen LogP contribution in [0, 0.1) is 11.3 Å². The van der Waals surface area contributed by atoms with E-state index in [0.717, 1.165) is 29.9 Å². The monoisotopic (exact) mass is 486 g/mol. The third kappa shape index (κ3) is 4.78. The molecule has 36 heavy (non-hydrogen) atoms. The van der Waals surface area contributed by atoms with Crippen molar-refractivity contribution in [3.05, 3.63) is 76.7 Å². The highest BCUT2D eigenvalue weighted by molar-refractivity contribution is 5.95. The zero-order valence-corrected chi connectivity index (χ0v) is 20.6. The number of hydrogen-bond acceptors (Lipinski definition) is 4. The number of methoxy groups -OCH3 is 1. The van der Waals surface area contributed by atoms with Gasteiger partial charge < -0.3 is 14.6 Å². The average molecular weight is 487 g/mol. The number of imidazole rings is 1. The molecule has 1 aliphatic heterocycles. The first kappa shape index (κ1) is 24.2. The largest absolute Gasteiger partial charge is 0.384 e. The van der Waals surface area contributed by atoms with E-state index >= 15 is 4.39 Å². The van der Waals surface area contributed by atoms with Gasteiger partial charge in [-0.15, -0.1) is 0 Å². The third-order valence-corrected chi connectivity index (χ3v) is 7.68. The van der Waals surface area contributed by atoms with Crippen molar-refractivity contribution in [1.82, 2.24) is 14.9 Å². The van der Waals surface area contributed by atoms with Crippen LogP contribution >= 0.6 is 0 Å². The number of H-pyrrole nitrogens is 1. The van der Waals surface area contributed by atoms with Crippen LogP contribution in [0.3, 0.4) is 0 Å². The predicted octanol–water partition coefficient (Wildman–Crippen LogP) is 5.51. The molecule has 2 aliphatic rings. The summed E-state index contributed by atoms with van der Waals surface area (Å²) in [5, 5.41) is 9.00. The second-order valence-electron chi connectivity index (χ2n) is 9.86. The number of ether oxygens (including phenoxy) is 1. The van der Waals surface area contributed by atoms with Crippen molar-refractivity contribution in [2.24, 2.45) is 0 Å². The van der Waals surface area contributed by atoms with Crippen molar-refractivity contribution in [3.8, 4) is 17.3 Å². The maximum atomic E-state index is 15.7. The summed E-state index contributed by atoms with van der Waals surface area (Å²) in [4.78, 5) is 23.1. The highest BCUT2D eigenvalue weighted by atomic mass is 19.1. The SMILES string of the molecule is COCCc1ncc(-c2cc(C(=O)N3CCC(F)(c4ccc(C#N)cc4)CC3)ccc2C2CCC2)[nH]1. The van der Waals surface area contributed by atoms with E-state index < -0.39 is 5.67 Å². The Morgan fingerprint density at radius 3 is 2.61 bits per heavy atom. The molecular formula is C29H31FN4O2. The number of alkyl halides is 1. The lowest BCUT2D eigenvalue weighted by atomic mass is 9.77. The fourth-order valence-electron chi connectivity index (χ4n) is 5.20. The van der Waals surface area contributed by atoms with Gasteiger partial charge in [0.15, 0.2) is 0 Å². The second kappa shape index (κ2) is 10.2. The van der Waals surface area contributed by atoms with E-state index in [9.17, 15) is 4.79 Å². The van der Waals surface area contributed by atoms with Gasteiger partial charge >= 0.3 is 0 Å². The lowest BCUT2D eigenvalue weighted by Crippen LogP contribution is -2.43. The van der Waals surface area contributed by atoms with Crippen molar-refractivity contribution in [3.63, 3.8) is 0 Å². The van der Waals surface area contributed by atoms with E-state index in [1.54, 1.807) is 36.3 Å². The van der Waals surface area contributed by atoms with Crippen molar-refractivity contribution in [2.45, 2.75) is 50.1 Å². The van der Waals surface area contributed by atoms with Gasteiger partial charge in [0, 0.05) is 50.6 Å². The first-order valence-corrected chi connectivity index (χ1v) is 12.7. The van der Waals surface area contributed by atoms with Crippen LogP contribution in [0.1, 0.15) is 70.9 Å². The molecule has 2 fully saturated rings. The van der Waals surface area contributed by atoms with Crippen LogP contribution in [0.4, 0.5) is 4.39 Å². The van der Waals surface area contributed by atoms with Gasteiger partial charge in [-0.05, 0) is 54.2 Å². The lowest BCUT2D eigenvalue weighted by molar-refractivity contribution is 0.0421. The van der Waals surface area contributed by atoms with E-state index in [-0.39, 0.29) is 18.7 Å². The maximum Gasteiger partial charge on any atom is 0.253 e. The van der Waals surface area contributed by atoms with Gasteiger partial charge in [0.2, 0.25) is 0 Å². The highest BCUT2D eigenvalue weighted by Crippen LogP contribution is 2.42. The Morgan fingerprint density at radius 2 is 1.97 bits per heavy atom. The fraction of sp³-hybridized carbons (Fsp3) is 0.414. The summed E-state index contributed by atoms with van der Waals surface area (Å²) in [7, 11) is 1.67. The fourth-order valence-corrected chi connectivity index (χ4v) is 5.20. The van der Waals surface area contributed by atoms with Crippen molar-refractivity contribution in [1.29, 1.82) is 5.26 Å². The molecule has 2 aromatic carbocycles. The summed E-state index contributed by atoms with van der Waals surface area (Å²) in [6.45, 7) is 1.29. The average Bonchev–Trinajstić information content (AvgIpc) is 3.35. The summed E-state index contributed by atoms with van der Waals surface area (Å²) < 4.78 is 20.9. The zero-order valence-electron chi connectivity index (χ0n) is 20.6. The third-order valence-electron chi connectivity index (χ3n) is 7.68. The summed E-state index contributed by atoms with van der Waals surface area (Å²) in [6, 6.07) is 14.7. The molecule has 0 unspecified atom stereocenters. The number of carbonyl (C=O) groups excluding carboxylic acids is 1. The Bertz CT molecular complexity index is 1270. The van der Waals surface area contributed by atoms with Crippen molar-refractivity contribution < 1.29 is 13.9 Å². The minimum atomic E-state index is -1.49. The number of carbonyl (C=O) groups is 1. The molecule has 186 valence electrons. The number of amides is 1. The molecule has 6 nitrogen and oxygen atoms in total. The van der Waals surface area contributed by atoms with Crippen LogP contribution in [0.15, 0.2) is 48.7 Å². The van der Waals surface area contributed by atoms with E-state index in [2.05, 4.69) is 22.1 Å². The molecule has 1 aliphatic carbocycles. The minimum absolute atomic E-state index is 0.0718. The quantitative estimate of drug-likeness (QED) is 0.478. The van der Waals surface area contributed by atoms with Crippen molar-refractivity contribution >= 4 is 5.91 Å². The molecule has 0 radical (unpaired) electrons. The van der Waals surface area contributed by atoms with Crippen LogP contribution in [-0.2, 0) is 16.8 Å². The number of piperidine rings is 1. The number of nitriles is 1. The summed E-state index contributed by atoms with van der Waals surface area (Å²) >= 11 is 0. The standard InChI is InChI=1S/C29H31FN4O2/c1-36-16-11-27-32-19-26(33-27)25-17-22(7-10-24(25)21-3-2-4-21)28(35)34-14-12-29(30,13-15-34)23-8-5-20(18-31)6-9-23/h5-10,17,19,21H,2-4,11-16H2,1H3,(H,32,33). The van der Waals surface area contributed by atoms with Crippen LogP contribution in [0.5, 0.6) is 0 Å². The van der Waals surface area contributed by atoms with Gasteiger partial charge in [-0.2, -0.15) is 5.26 Å². The number of nitrogens with zero attached hydrogens (tertiary/aromatic N) is 3. The molecule has 1 aromatic heterocycles. The number of halogens is 1. The predicted molar refractivity (Wildman–Crippen MR) is 135 cm³/mol. The Hall–Kier alpha value is -3.50. The number of likely N-dealkylation sites (tertiary alicyclic amines) is 1. The topological polar surface area (TPSA) is 82.0 Å². The lowest BCUT2D eigenvalue weighted by Gasteiger charge is -2.37. The first-order valence-electron chi connectivity index (χ1n) is 12.7. The molecule has 1 amide bonds. The number of aromatic amines is 1. The van der Waals surface area contributed by atoms with E-state index in [1.165, 1.54) is 12.0 Å². The molecule has 0 atom stereocenters. The zero-order chi connectivity index (χ0) is 25.1. The molecule has 3 aromatic rings. The Kier molecular flexibility index (Phi) is 6.88.